The molecule has 0 aromatic heterocycles. The van der Waals surface area contributed by atoms with E-state index in [0.29, 0.717) is 38.0 Å². The van der Waals surface area contributed by atoms with Crippen LogP contribution < -0.4 is 10.1 Å². The van der Waals surface area contributed by atoms with Crippen LogP contribution in [-0.4, -0.2) is 56.3 Å². The summed E-state index contributed by atoms with van der Waals surface area (Å²) in [7, 11) is 0. The smallest absolute Gasteiger partial charge is 0.220 e. The van der Waals surface area contributed by atoms with Gasteiger partial charge in [0.25, 0.3) is 0 Å². The predicted molar refractivity (Wildman–Crippen MR) is 105 cm³/mol. The molecular formula is C21H34N2O3. The molecule has 2 rings (SSSR count). The lowest BCUT2D eigenvalue weighted by atomic mass is 10.0. The Morgan fingerprint density at radius 2 is 2.00 bits per heavy atom. The first-order chi connectivity index (χ1) is 12.6. The first kappa shape index (κ1) is 20.7. The molecule has 1 atom stereocenters. The van der Waals surface area contributed by atoms with E-state index < -0.39 is 0 Å². The summed E-state index contributed by atoms with van der Waals surface area (Å²) in [5.41, 5.74) is 1.09. The van der Waals surface area contributed by atoms with Crippen molar-refractivity contribution in [3.63, 3.8) is 0 Å². The third-order valence-electron chi connectivity index (χ3n) is 4.73. The third kappa shape index (κ3) is 6.96. The molecule has 26 heavy (non-hydrogen) atoms. The van der Waals surface area contributed by atoms with Crippen LogP contribution in [0.4, 0.5) is 0 Å². The van der Waals surface area contributed by atoms with Gasteiger partial charge < -0.3 is 14.8 Å². The topological polar surface area (TPSA) is 50.8 Å². The minimum atomic E-state index is 0.110. The number of hydrogen-bond donors (Lipinski definition) is 1. The molecule has 1 aromatic rings. The number of carbonyl (C=O) groups excluding carboxylic acids is 1. The zero-order chi connectivity index (χ0) is 18.8. The molecule has 0 aliphatic carbocycles. The van der Waals surface area contributed by atoms with Crippen LogP contribution in [0.3, 0.4) is 0 Å². The molecule has 1 heterocycles. The van der Waals surface area contributed by atoms with Crippen LogP contribution in [0.2, 0.25) is 0 Å². The second-order valence-electron chi connectivity index (χ2n) is 7.28. The Bertz CT molecular complexity index is 542. The van der Waals surface area contributed by atoms with Gasteiger partial charge in [0.1, 0.15) is 5.75 Å². The van der Waals surface area contributed by atoms with Gasteiger partial charge in [-0.05, 0) is 37.3 Å². The Morgan fingerprint density at radius 3 is 2.69 bits per heavy atom. The molecule has 1 fully saturated rings. The van der Waals surface area contributed by atoms with Gasteiger partial charge in [0, 0.05) is 32.1 Å². The number of rotatable bonds is 10. The fraction of sp³-hybridized carbons (Fsp3) is 0.667. The predicted octanol–water partition coefficient (Wildman–Crippen LogP) is 2.88. The average molecular weight is 363 g/mol. The highest BCUT2D eigenvalue weighted by molar-refractivity contribution is 5.76. The average Bonchev–Trinajstić information content (AvgIpc) is 2.65. The van der Waals surface area contributed by atoms with E-state index in [9.17, 15) is 4.79 Å². The highest BCUT2D eigenvalue weighted by atomic mass is 16.5. The van der Waals surface area contributed by atoms with Gasteiger partial charge in [0.2, 0.25) is 5.91 Å². The third-order valence-corrected chi connectivity index (χ3v) is 4.73. The van der Waals surface area contributed by atoms with Crippen molar-refractivity contribution in [2.75, 3.05) is 39.5 Å². The molecule has 1 amide bonds. The Hall–Kier alpha value is -1.59. The van der Waals surface area contributed by atoms with Gasteiger partial charge in [0.05, 0.1) is 19.8 Å². The number of hydrogen-bond acceptors (Lipinski definition) is 4. The summed E-state index contributed by atoms with van der Waals surface area (Å²) < 4.78 is 11.1. The first-order valence-electron chi connectivity index (χ1n) is 9.89. The van der Waals surface area contributed by atoms with Gasteiger partial charge in [-0.15, -0.1) is 0 Å². The monoisotopic (exact) mass is 362 g/mol. The first-order valence-corrected chi connectivity index (χ1v) is 9.89. The van der Waals surface area contributed by atoms with Crippen molar-refractivity contribution in [1.82, 2.24) is 10.2 Å². The van der Waals surface area contributed by atoms with Crippen LogP contribution >= 0.6 is 0 Å². The van der Waals surface area contributed by atoms with E-state index in [1.54, 1.807) is 0 Å². The lowest BCUT2D eigenvalue weighted by molar-refractivity contribution is -0.121. The standard InChI is InChI=1S/C21H34N2O3/c1-4-26-20-8-6-5-7-18(20)9-10-21(24)22-16-19(15-17(2)3)23-11-13-25-14-12-23/h5-8,17,19H,4,9-16H2,1-3H3,(H,22,24). The molecule has 5 heteroatoms. The molecule has 1 saturated heterocycles. The van der Waals surface area contributed by atoms with Crippen molar-refractivity contribution in [3.8, 4) is 5.75 Å². The fourth-order valence-electron chi connectivity index (χ4n) is 3.42. The number of nitrogens with one attached hydrogen (secondary N) is 1. The van der Waals surface area contributed by atoms with Gasteiger partial charge in [-0.1, -0.05) is 32.0 Å². The Labute approximate surface area is 158 Å². The van der Waals surface area contributed by atoms with Gasteiger partial charge in [-0.2, -0.15) is 0 Å². The van der Waals surface area contributed by atoms with Crippen molar-refractivity contribution in [2.45, 2.75) is 46.1 Å². The summed E-state index contributed by atoms with van der Waals surface area (Å²) in [5, 5.41) is 3.14. The lowest BCUT2D eigenvalue weighted by Gasteiger charge is -2.35. The number of amides is 1. The van der Waals surface area contributed by atoms with E-state index in [2.05, 4.69) is 24.1 Å². The van der Waals surface area contributed by atoms with E-state index in [0.717, 1.165) is 44.0 Å². The van der Waals surface area contributed by atoms with Crippen molar-refractivity contribution in [3.05, 3.63) is 29.8 Å². The molecule has 1 aliphatic rings. The number of morpholine rings is 1. The number of carbonyl (C=O) groups is 1. The van der Waals surface area contributed by atoms with Gasteiger partial charge in [-0.3, -0.25) is 9.69 Å². The molecule has 146 valence electrons. The maximum absolute atomic E-state index is 12.4. The molecule has 5 nitrogen and oxygen atoms in total. The van der Waals surface area contributed by atoms with Gasteiger partial charge >= 0.3 is 0 Å². The maximum Gasteiger partial charge on any atom is 0.220 e. The van der Waals surface area contributed by atoms with Gasteiger partial charge in [-0.25, -0.2) is 0 Å². The molecule has 1 unspecified atom stereocenters. The summed E-state index contributed by atoms with van der Waals surface area (Å²) in [6.45, 7) is 11.3. The minimum Gasteiger partial charge on any atom is -0.494 e. The molecule has 1 aliphatic heterocycles. The summed E-state index contributed by atoms with van der Waals surface area (Å²) in [5.74, 6) is 1.60. The van der Waals surface area contributed by atoms with E-state index in [4.69, 9.17) is 9.47 Å². The number of para-hydroxylation sites is 1. The Morgan fingerprint density at radius 1 is 1.27 bits per heavy atom. The van der Waals surface area contributed by atoms with Crippen molar-refractivity contribution < 1.29 is 14.3 Å². The van der Waals surface area contributed by atoms with Crippen LogP contribution in [0.5, 0.6) is 5.75 Å². The van der Waals surface area contributed by atoms with Crippen LogP contribution in [0.15, 0.2) is 24.3 Å². The molecule has 0 spiro atoms. The number of nitrogens with zero attached hydrogens (tertiary/aromatic N) is 1. The molecular weight excluding hydrogens is 328 g/mol. The normalized spacial score (nSPS) is 16.5. The van der Waals surface area contributed by atoms with E-state index in [-0.39, 0.29) is 5.91 Å². The zero-order valence-electron chi connectivity index (χ0n) is 16.5. The molecule has 1 N–H and O–H groups in total. The summed E-state index contributed by atoms with van der Waals surface area (Å²) in [6.07, 6.45) is 2.28. The molecule has 0 bridgehead atoms. The Kier molecular flexibility index (Phi) is 8.92. The summed E-state index contributed by atoms with van der Waals surface area (Å²) >= 11 is 0. The number of benzene rings is 1. The van der Waals surface area contributed by atoms with E-state index in [1.807, 2.05) is 31.2 Å². The zero-order valence-corrected chi connectivity index (χ0v) is 16.5. The van der Waals surface area contributed by atoms with Crippen LogP contribution in [0.25, 0.3) is 0 Å². The van der Waals surface area contributed by atoms with Crippen LogP contribution in [0, 0.1) is 5.92 Å². The van der Waals surface area contributed by atoms with Crippen LogP contribution in [0.1, 0.15) is 39.2 Å². The van der Waals surface area contributed by atoms with Crippen LogP contribution in [-0.2, 0) is 16.0 Å². The van der Waals surface area contributed by atoms with Crippen molar-refractivity contribution in [1.29, 1.82) is 0 Å². The molecule has 0 saturated carbocycles. The fourth-order valence-corrected chi connectivity index (χ4v) is 3.42. The largest absolute Gasteiger partial charge is 0.494 e. The second kappa shape index (κ2) is 11.2. The van der Waals surface area contributed by atoms with Crippen molar-refractivity contribution in [2.24, 2.45) is 5.92 Å². The highest BCUT2D eigenvalue weighted by Gasteiger charge is 2.22. The maximum atomic E-state index is 12.4. The summed E-state index contributed by atoms with van der Waals surface area (Å²) in [6, 6.07) is 8.35. The number of ether oxygens (including phenoxy) is 2. The SMILES string of the molecule is CCOc1ccccc1CCC(=O)NCC(CC(C)C)N1CCOCC1. The van der Waals surface area contributed by atoms with Gasteiger partial charge in [0.15, 0.2) is 0 Å². The van der Waals surface area contributed by atoms with E-state index in [1.165, 1.54) is 0 Å². The van der Waals surface area contributed by atoms with Crippen molar-refractivity contribution >= 4 is 5.91 Å². The van der Waals surface area contributed by atoms with E-state index >= 15 is 0 Å². The Balaban J connectivity index is 1.82. The quantitative estimate of drug-likeness (QED) is 0.695. The minimum absolute atomic E-state index is 0.110. The highest BCUT2D eigenvalue weighted by Crippen LogP contribution is 2.19. The molecule has 1 aromatic carbocycles. The second-order valence-corrected chi connectivity index (χ2v) is 7.28. The molecule has 0 radical (unpaired) electrons. The number of aryl methyl sites for hydroxylation is 1. The summed E-state index contributed by atoms with van der Waals surface area (Å²) in [4.78, 5) is 14.8. The lowest BCUT2D eigenvalue weighted by Crippen LogP contribution is -2.49.